The zero-order chi connectivity index (χ0) is 14.5. The molecule has 1 unspecified atom stereocenters. The van der Waals surface area contributed by atoms with Crippen LogP contribution in [-0.2, 0) is 6.54 Å². The Morgan fingerprint density at radius 2 is 1.71 bits per heavy atom. The summed E-state index contributed by atoms with van der Waals surface area (Å²) >= 11 is 0. The molecule has 0 saturated heterocycles. The molecule has 0 spiro atoms. The van der Waals surface area contributed by atoms with Crippen LogP contribution < -0.4 is 0 Å². The van der Waals surface area contributed by atoms with Crippen molar-refractivity contribution >= 4 is 0 Å². The van der Waals surface area contributed by atoms with Crippen molar-refractivity contribution in [1.29, 1.82) is 0 Å². The zero-order valence-electron chi connectivity index (χ0n) is 11.3. The van der Waals surface area contributed by atoms with Crippen LogP contribution >= 0.6 is 0 Å². The Balaban J connectivity index is 1.81. The van der Waals surface area contributed by atoms with Crippen molar-refractivity contribution in [3.63, 3.8) is 0 Å². The van der Waals surface area contributed by atoms with Gasteiger partial charge in [-0.05, 0) is 16.7 Å². The molecule has 0 fully saturated rings. The van der Waals surface area contributed by atoms with Gasteiger partial charge in [-0.1, -0.05) is 59.8 Å². The molecule has 0 radical (unpaired) electrons. The van der Waals surface area contributed by atoms with Gasteiger partial charge >= 0.3 is 0 Å². The van der Waals surface area contributed by atoms with Gasteiger partial charge in [0.2, 0.25) is 0 Å². The molecule has 0 aliphatic rings. The average molecular weight is 278 g/mol. The Kier molecular flexibility index (Phi) is 3.82. The van der Waals surface area contributed by atoms with Gasteiger partial charge in [0, 0.05) is 0 Å². The predicted molar refractivity (Wildman–Crippen MR) is 80.4 cm³/mol. The van der Waals surface area contributed by atoms with Gasteiger partial charge in [0.05, 0.1) is 6.54 Å². The minimum Gasteiger partial charge on any atom is -0.250 e. The molecule has 1 heterocycles. The summed E-state index contributed by atoms with van der Waals surface area (Å²) in [6.07, 6.45) is 3.02. The van der Waals surface area contributed by atoms with Gasteiger partial charge in [-0.25, -0.2) is 4.98 Å². The maximum Gasteiger partial charge on any atom is 0.137 e. The van der Waals surface area contributed by atoms with Gasteiger partial charge in [-0.3, -0.25) is 4.68 Å². The summed E-state index contributed by atoms with van der Waals surface area (Å²) in [6.45, 7) is 0.397. The second kappa shape index (κ2) is 6.09. The minimum absolute atomic E-state index is 0.397. The molecule has 0 amide bonds. The van der Waals surface area contributed by atoms with Gasteiger partial charge in [0.25, 0.3) is 0 Å². The molecule has 1 atom stereocenters. The highest BCUT2D eigenvalue weighted by Crippen LogP contribution is 2.24. The van der Waals surface area contributed by atoms with Crippen molar-refractivity contribution in [3.05, 3.63) is 77.7 Å². The lowest BCUT2D eigenvalue weighted by molar-refractivity contribution is 0.526. The highest BCUT2D eigenvalue weighted by molar-refractivity contribution is 5.63. The van der Waals surface area contributed by atoms with Crippen molar-refractivity contribution < 1.29 is 0 Å². The van der Waals surface area contributed by atoms with E-state index >= 15 is 0 Å². The molecule has 104 valence electrons. The van der Waals surface area contributed by atoms with E-state index in [2.05, 4.69) is 27.4 Å². The molecule has 0 aliphatic carbocycles. The number of hydrogen-bond acceptors (Lipinski definition) is 4. The lowest BCUT2D eigenvalue weighted by Gasteiger charge is -2.10. The standard InChI is InChI=1S/C16H14N4O/c21-19-16(10-20-12-17-11-18-20)15-8-6-14(7-9-15)13-4-2-1-3-5-13/h1-9,11-12,16H,10H2. The zero-order valence-corrected chi connectivity index (χ0v) is 11.3. The van der Waals surface area contributed by atoms with Crippen LogP contribution in [-0.4, -0.2) is 14.8 Å². The van der Waals surface area contributed by atoms with Crippen LogP contribution in [0.2, 0.25) is 0 Å². The van der Waals surface area contributed by atoms with Crippen molar-refractivity contribution in [2.45, 2.75) is 12.6 Å². The fourth-order valence-corrected chi connectivity index (χ4v) is 2.23. The number of benzene rings is 2. The summed E-state index contributed by atoms with van der Waals surface area (Å²) in [7, 11) is 0. The van der Waals surface area contributed by atoms with Gasteiger partial charge in [0.1, 0.15) is 18.7 Å². The van der Waals surface area contributed by atoms with Gasteiger partial charge in [-0.15, -0.1) is 0 Å². The maximum absolute atomic E-state index is 11.1. The molecular weight excluding hydrogens is 264 g/mol. The fraction of sp³-hybridized carbons (Fsp3) is 0.125. The van der Waals surface area contributed by atoms with Crippen molar-refractivity contribution in [2.24, 2.45) is 5.18 Å². The summed E-state index contributed by atoms with van der Waals surface area (Å²) in [5.41, 5.74) is 3.14. The topological polar surface area (TPSA) is 60.1 Å². The summed E-state index contributed by atoms with van der Waals surface area (Å²) in [5, 5.41) is 7.20. The third kappa shape index (κ3) is 3.02. The third-order valence-electron chi connectivity index (χ3n) is 3.36. The first-order chi connectivity index (χ1) is 10.4. The molecule has 21 heavy (non-hydrogen) atoms. The Bertz CT molecular complexity index is 693. The van der Waals surface area contributed by atoms with Crippen LogP contribution in [0.5, 0.6) is 0 Å². The first-order valence-corrected chi connectivity index (χ1v) is 6.67. The van der Waals surface area contributed by atoms with Crippen LogP contribution in [0.15, 0.2) is 72.4 Å². The summed E-state index contributed by atoms with van der Waals surface area (Å²) in [4.78, 5) is 14.9. The maximum atomic E-state index is 11.1. The van der Waals surface area contributed by atoms with Crippen molar-refractivity contribution in [3.8, 4) is 11.1 Å². The summed E-state index contributed by atoms with van der Waals surface area (Å²) in [5.74, 6) is 0. The largest absolute Gasteiger partial charge is 0.250 e. The fourth-order valence-electron chi connectivity index (χ4n) is 2.23. The minimum atomic E-state index is -0.462. The number of nitrogens with zero attached hydrogens (tertiary/aromatic N) is 4. The first kappa shape index (κ1) is 13.2. The molecule has 3 aromatic rings. The van der Waals surface area contributed by atoms with E-state index < -0.39 is 6.04 Å². The van der Waals surface area contributed by atoms with Crippen LogP contribution in [0.4, 0.5) is 0 Å². The van der Waals surface area contributed by atoms with E-state index in [-0.39, 0.29) is 0 Å². The number of hydrogen-bond donors (Lipinski definition) is 0. The smallest absolute Gasteiger partial charge is 0.137 e. The average Bonchev–Trinajstić information content (AvgIpc) is 3.07. The Morgan fingerprint density at radius 1 is 1.00 bits per heavy atom. The van der Waals surface area contributed by atoms with E-state index in [4.69, 9.17) is 0 Å². The third-order valence-corrected chi connectivity index (χ3v) is 3.36. The molecule has 0 saturated carbocycles. The number of nitroso groups, excluding NO2 is 1. The van der Waals surface area contributed by atoms with E-state index in [0.717, 1.165) is 16.7 Å². The normalized spacial score (nSPS) is 12.0. The monoisotopic (exact) mass is 278 g/mol. The SMILES string of the molecule is O=NC(Cn1cncn1)c1ccc(-c2ccccc2)cc1. The second-order valence-corrected chi connectivity index (χ2v) is 4.73. The van der Waals surface area contributed by atoms with Gasteiger partial charge in [0.15, 0.2) is 0 Å². The van der Waals surface area contributed by atoms with E-state index in [1.165, 1.54) is 6.33 Å². The van der Waals surface area contributed by atoms with Crippen LogP contribution in [0.25, 0.3) is 11.1 Å². The second-order valence-electron chi connectivity index (χ2n) is 4.73. The van der Waals surface area contributed by atoms with E-state index in [0.29, 0.717) is 6.54 Å². The first-order valence-electron chi connectivity index (χ1n) is 6.67. The number of aromatic nitrogens is 3. The Labute approximate surface area is 122 Å². The summed E-state index contributed by atoms with van der Waals surface area (Å²) < 4.78 is 1.61. The van der Waals surface area contributed by atoms with Gasteiger partial charge in [-0.2, -0.15) is 10.0 Å². The number of rotatable bonds is 5. The lowest BCUT2D eigenvalue weighted by atomic mass is 10.0. The van der Waals surface area contributed by atoms with Crippen LogP contribution in [0.3, 0.4) is 0 Å². The molecule has 0 bridgehead atoms. The molecule has 5 heteroatoms. The van der Waals surface area contributed by atoms with Crippen LogP contribution in [0, 0.1) is 4.91 Å². The Hall–Kier alpha value is -2.82. The van der Waals surface area contributed by atoms with Crippen molar-refractivity contribution in [1.82, 2.24) is 14.8 Å². The lowest BCUT2D eigenvalue weighted by Crippen LogP contribution is -2.07. The molecular formula is C16H14N4O. The van der Waals surface area contributed by atoms with Crippen molar-refractivity contribution in [2.75, 3.05) is 0 Å². The molecule has 5 nitrogen and oxygen atoms in total. The molecule has 0 N–H and O–H groups in total. The van der Waals surface area contributed by atoms with Gasteiger partial charge < -0.3 is 0 Å². The quantitative estimate of drug-likeness (QED) is 0.671. The van der Waals surface area contributed by atoms with E-state index in [9.17, 15) is 4.91 Å². The predicted octanol–water partition coefficient (Wildman–Crippen LogP) is 3.45. The molecule has 0 aliphatic heterocycles. The molecule has 3 rings (SSSR count). The highest BCUT2D eigenvalue weighted by atomic mass is 16.3. The summed E-state index contributed by atoms with van der Waals surface area (Å²) in [6, 6.07) is 17.5. The van der Waals surface area contributed by atoms with E-state index in [1.54, 1.807) is 11.0 Å². The molecule has 2 aromatic carbocycles. The highest BCUT2D eigenvalue weighted by Gasteiger charge is 2.13. The van der Waals surface area contributed by atoms with Crippen LogP contribution in [0.1, 0.15) is 11.6 Å². The van der Waals surface area contributed by atoms with E-state index in [1.807, 2.05) is 42.5 Å². The Morgan fingerprint density at radius 3 is 2.33 bits per heavy atom. The molecule has 1 aromatic heterocycles.